The van der Waals surface area contributed by atoms with Gasteiger partial charge in [-0.1, -0.05) is 24.3 Å². The number of amides is 1. The summed E-state index contributed by atoms with van der Waals surface area (Å²) in [6.07, 6.45) is 0. The molecule has 0 unspecified atom stereocenters. The number of hydrogen-bond acceptors (Lipinski definition) is 3. The van der Waals surface area contributed by atoms with Crippen LogP contribution in [-0.2, 0) is 11.3 Å². The van der Waals surface area contributed by atoms with Crippen LogP contribution in [0.1, 0.15) is 19.4 Å². The molecule has 1 amide bonds. The van der Waals surface area contributed by atoms with Crippen molar-refractivity contribution in [3.8, 4) is 5.75 Å². The number of ether oxygens (including phenoxy) is 1. The molecule has 0 saturated carbocycles. The van der Waals surface area contributed by atoms with Gasteiger partial charge in [0.1, 0.15) is 5.75 Å². The molecule has 0 aliphatic heterocycles. The van der Waals surface area contributed by atoms with Gasteiger partial charge in [-0.2, -0.15) is 0 Å². The molecular weight excluding hydrogens is 240 g/mol. The molecule has 4 nitrogen and oxygen atoms in total. The third-order valence-electron chi connectivity index (χ3n) is 2.72. The topological polar surface area (TPSA) is 55.6 Å². The van der Waals surface area contributed by atoms with E-state index in [2.05, 4.69) is 6.58 Å². The molecule has 0 fully saturated rings. The standard InChI is InChI=1S/C15H22N2O2/c1-4-17(10-12(2)3)15(18)11-19-14-7-5-13(9-16)6-8-14/h5-8H,2,4,9-11,16H2,1,3H3. The zero-order valence-corrected chi connectivity index (χ0v) is 11.7. The zero-order chi connectivity index (χ0) is 14.3. The third kappa shape index (κ3) is 5.14. The quantitative estimate of drug-likeness (QED) is 0.764. The van der Waals surface area contributed by atoms with Gasteiger partial charge in [0.25, 0.3) is 5.91 Å². The van der Waals surface area contributed by atoms with Crippen molar-refractivity contribution in [1.29, 1.82) is 0 Å². The van der Waals surface area contributed by atoms with Crippen molar-refractivity contribution in [3.63, 3.8) is 0 Å². The van der Waals surface area contributed by atoms with Gasteiger partial charge in [0, 0.05) is 19.6 Å². The van der Waals surface area contributed by atoms with Gasteiger partial charge >= 0.3 is 0 Å². The number of benzene rings is 1. The molecule has 104 valence electrons. The van der Waals surface area contributed by atoms with Crippen LogP contribution in [0.3, 0.4) is 0 Å². The van der Waals surface area contributed by atoms with Crippen LogP contribution in [-0.4, -0.2) is 30.5 Å². The van der Waals surface area contributed by atoms with Gasteiger partial charge in [0.05, 0.1) is 0 Å². The van der Waals surface area contributed by atoms with Crippen LogP contribution < -0.4 is 10.5 Å². The largest absolute Gasteiger partial charge is 0.484 e. The Labute approximate surface area is 114 Å². The maximum absolute atomic E-state index is 11.9. The van der Waals surface area contributed by atoms with Crippen molar-refractivity contribution < 1.29 is 9.53 Å². The lowest BCUT2D eigenvalue weighted by molar-refractivity contribution is -0.132. The lowest BCUT2D eigenvalue weighted by Crippen LogP contribution is -2.35. The van der Waals surface area contributed by atoms with E-state index in [0.717, 1.165) is 11.1 Å². The SMILES string of the molecule is C=C(C)CN(CC)C(=O)COc1ccc(CN)cc1. The lowest BCUT2D eigenvalue weighted by Gasteiger charge is -2.21. The average Bonchev–Trinajstić information content (AvgIpc) is 2.42. The van der Waals surface area contributed by atoms with Gasteiger partial charge in [0.15, 0.2) is 6.61 Å². The van der Waals surface area contributed by atoms with Crippen LogP contribution in [0.15, 0.2) is 36.4 Å². The van der Waals surface area contributed by atoms with Crippen LogP contribution >= 0.6 is 0 Å². The summed E-state index contributed by atoms with van der Waals surface area (Å²) in [5, 5.41) is 0. The van der Waals surface area contributed by atoms with E-state index in [9.17, 15) is 4.79 Å². The summed E-state index contributed by atoms with van der Waals surface area (Å²) in [6.45, 7) is 9.44. The van der Waals surface area contributed by atoms with Gasteiger partial charge in [-0.05, 0) is 31.5 Å². The van der Waals surface area contributed by atoms with E-state index in [1.54, 1.807) is 4.90 Å². The van der Waals surface area contributed by atoms with Crippen molar-refractivity contribution in [2.75, 3.05) is 19.7 Å². The predicted octanol–water partition coefficient (Wildman–Crippen LogP) is 1.95. The molecule has 0 atom stereocenters. The fourth-order valence-corrected chi connectivity index (χ4v) is 1.66. The Balaban J connectivity index is 2.49. The predicted molar refractivity (Wildman–Crippen MR) is 76.9 cm³/mol. The molecule has 0 radical (unpaired) electrons. The molecule has 0 aromatic heterocycles. The van der Waals surface area contributed by atoms with Crippen molar-refractivity contribution in [2.24, 2.45) is 5.73 Å². The van der Waals surface area contributed by atoms with Crippen molar-refractivity contribution in [3.05, 3.63) is 42.0 Å². The lowest BCUT2D eigenvalue weighted by atomic mass is 10.2. The van der Waals surface area contributed by atoms with E-state index in [-0.39, 0.29) is 12.5 Å². The van der Waals surface area contributed by atoms with Crippen LogP contribution in [0, 0.1) is 0 Å². The summed E-state index contributed by atoms with van der Waals surface area (Å²) in [5.41, 5.74) is 7.52. The zero-order valence-electron chi connectivity index (χ0n) is 11.7. The Hall–Kier alpha value is -1.81. The summed E-state index contributed by atoms with van der Waals surface area (Å²) in [4.78, 5) is 13.7. The van der Waals surface area contributed by atoms with Gasteiger partial charge < -0.3 is 15.4 Å². The van der Waals surface area contributed by atoms with E-state index in [0.29, 0.717) is 25.4 Å². The van der Waals surface area contributed by atoms with Crippen molar-refractivity contribution in [1.82, 2.24) is 4.90 Å². The fraction of sp³-hybridized carbons (Fsp3) is 0.400. The Morgan fingerprint density at radius 2 is 2.00 bits per heavy atom. The third-order valence-corrected chi connectivity index (χ3v) is 2.72. The Morgan fingerprint density at radius 1 is 1.37 bits per heavy atom. The highest BCUT2D eigenvalue weighted by Crippen LogP contribution is 2.12. The molecule has 0 saturated heterocycles. The molecule has 1 aromatic carbocycles. The van der Waals surface area contributed by atoms with Crippen LogP contribution in [0.25, 0.3) is 0 Å². The molecule has 0 heterocycles. The second-order valence-corrected chi connectivity index (χ2v) is 4.50. The molecule has 0 aliphatic carbocycles. The first-order valence-electron chi connectivity index (χ1n) is 6.40. The highest BCUT2D eigenvalue weighted by atomic mass is 16.5. The number of hydrogen-bond donors (Lipinski definition) is 1. The second kappa shape index (κ2) is 7.59. The molecule has 1 aromatic rings. The second-order valence-electron chi connectivity index (χ2n) is 4.50. The van der Waals surface area contributed by atoms with E-state index < -0.39 is 0 Å². The molecule has 0 bridgehead atoms. The number of carbonyl (C=O) groups excluding carboxylic acids is 1. The van der Waals surface area contributed by atoms with E-state index >= 15 is 0 Å². The molecular formula is C15H22N2O2. The minimum absolute atomic E-state index is 0.0339. The maximum atomic E-state index is 11.9. The van der Waals surface area contributed by atoms with Crippen LogP contribution in [0.2, 0.25) is 0 Å². The Morgan fingerprint density at radius 3 is 2.47 bits per heavy atom. The van der Waals surface area contributed by atoms with E-state index in [1.165, 1.54) is 0 Å². The highest BCUT2D eigenvalue weighted by molar-refractivity contribution is 5.78. The highest BCUT2D eigenvalue weighted by Gasteiger charge is 2.12. The van der Waals surface area contributed by atoms with Gasteiger partial charge in [-0.15, -0.1) is 0 Å². The van der Waals surface area contributed by atoms with Crippen LogP contribution in [0.4, 0.5) is 0 Å². The number of nitrogens with zero attached hydrogens (tertiary/aromatic N) is 1. The first-order valence-corrected chi connectivity index (χ1v) is 6.40. The molecule has 0 spiro atoms. The normalized spacial score (nSPS) is 10.1. The van der Waals surface area contributed by atoms with E-state index in [4.69, 9.17) is 10.5 Å². The number of carbonyl (C=O) groups is 1. The summed E-state index contributed by atoms with van der Waals surface area (Å²) in [7, 11) is 0. The maximum Gasteiger partial charge on any atom is 0.260 e. The van der Waals surface area contributed by atoms with E-state index in [1.807, 2.05) is 38.1 Å². The van der Waals surface area contributed by atoms with Crippen LogP contribution in [0.5, 0.6) is 5.75 Å². The van der Waals surface area contributed by atoms with Gasteiger partial charge in [-0.3, -0.25) is 4.79 Å². The number of rotatable bonds is 7. The smallest absolute Gasteiger partial charge is 0.260 e. The average molecular weight is 262 g/mol. The minimum atomic E-state index is -0.0339. The summed E-state index contributed by atoms with van der Waals surface area (Å²) >= 11 is 0. The monoisotopic (exact) mass is 262 g/mol. The van der Waals surface area contributed by atoms with Crippen molar-refractivity contribution >= 4 is 5.91 Å². The summed E-state index contributed by atoms with van der Waals surface area (Å²) in [5.74, 6) is 0.644. The first-order chi connectivity index (χ1) is 9.06. The van der Waals surface area contributed by atoms with Gasteiger partial charge in [0.2, 0.25) is 0 Å². The fourth-order valence-electron chi connectivity index (χ4n) is 1.66. The molecule has 2 N–H and O–H groups in total. The Bertz CT molecular complexity index is 426. The first kappa shape index (κ1) is 15.2. The molecule has 1 rings (SSSR count). The van der Waals surface area contributed by atoms with Gasteiger partial charge in [-0.25, -0.2) is 0 Å². The van der Waals surface area contributed by atoms with Crippen molar-refractivity contribution in [2.45, 2.75) is 20.4 Å². The minimum Gasteiger partial charge on any atom is -0.484 e. The molecule has 0 aliphatic rings. The molecule has 19 heavy (non-hydrogen) atoms. The summed E-state index contributed by atoms with van der Waals surface area (Å²) in [6, 6.07) is 7.44. The number of likely N-dealkylation sites (N-methyl/N-ethyl adjacent to an activating group) is 1. The Kier molecular flexibility index (Phi) is 6.09. The number of nitrogens with two attached hydrogens (primary N) is 1. The molecule has 4 heteroatoms. The summed E-state index contributed by atoms with van der Waals surface area (Å²) < 4.78 is 5.47.